The zero-order valence-electron chi connectivity index (χ0n) is 7.09. The van der Waals surface area contributed by atoms with Crippen LogP contribution in [0.2, 0.25) is 0 Å². The standard InChI is InChI=1S/C10H6Br2OS/c11-4-9(13)8-5-14-10-2-1-6(12)3-7(8)10/h1-3,5H,4H2. The predicted molar refractivity (Wildman–Crippen MR) is 67.6 cm³/mol. The molecule has 72 valence electrons. The molecule has 1 heterocycles. The third kappa shape index (κ3) is 1.78. The van der Waals surface area contributed by atoms with Gasteiger partial charge in [-0.1, -0.05) is 31.9 Å². The summed E-state index contributed by atoms with van der Waals surface area (Å²) in [5, 5.41) is 3.33. The van der Waals surface area contributed by atoms with Gasteiger partial charge in [0.25, 0.3) is 0 Å². The van der Waals surface area contributed by atoms with Crippen LogP contribution in [0.1, 0.15) is 10.4 Å². The van der Waals surface area contributed by atoms with Gasteiger partial charge in [0.05, 0.1) is 5.33 Å². The number of benzene rings is 1. The van der Waals surface area contributed by atoms with Crippen LogP contribution in [-0.2, 0) is 0 Å². The van der Waals surface area contributed by atoms with Gasteiger partial charge >= 0.3 is 0 Å². The first-order valence-corrected chi connectivity index (χ1v) is 6.77. The first-order valence-electron chi connectivity index (χ1n) is 3.98. The van der Waals surface area contributed by atoms with E-state index in [4.69, 9.17) is 0 Å². The number of Topliss-reactive ketones (excluding diaryl/α,β-unsaturated/α-hetero) is 1. The van der Waals surface area contributed by atoms with Crippen LogP contribution in [0.3, 0.4) is 0 Å². The number of fused-ring (bicyclic) bond motifs is 1. The summed E-state index contributed by atoms with van der Waals surface area (Å²) < 4.78 is 2.16. The van der Waals surface area contributed by atoms with Gasteiger partial charge in [0.2, 0.25) is 0 Å². The molecule has 2 rings (SSSR count). The number of rotatable bonds is 2. The molecule has 4 heteroatoms. The largest absolute Gasteiger partial charge is 0.293 e. The molecule has 1 aromatic carbocycles. The van der Waals surface area contributed by atoms with E-state index in [1.54, 1.807) is 11.3 Å². The highest BCUT2D eigenvalue weighted by Gasteiger charge is 2.10. The topological polar surface area (TPSA) is 17.1 Å². The first-order chi connectivity index (χ1) is 6.72. The zero-order valence-corrected chi connectivity index (χ0v) is 11.1. The molecule has 0 unspecified atom stereocenters. The Kier molecular flexibility index (Phi) is 3.04. The van der Waals surface area contributed by atoms with Crippen molar-refractivity contribution in [3.8, 4) is 0 Å². The van der Waals surface area contributed by atoms with Crippen molar-refractivity contribution in [1.82, 2.24) is 0 Å². The minimum atomic E-state index is 0.134. The summed E-state index contributed by atoms with van der Waals surface area (Å²) in [7, 11) is 0. The number of hydrogen-bond acceptors (Lipinski definition) is 2. The van der Waals surface area contributed by atoms with E-state index < -0.39 is 0 Å². The maximum Gasteiger partial charge on any atom is 0.174 e. The Balaban J connectivity index is 2.67. The van der Waals surface area contributed by atoms with E-state index in [-0.39, 0.29) is 5.78 Å². The van der Waals surface area contributed by atoms with Crippen molar-refractivity contribution in [3.05, 3.63) is 33.6 Å². The highest BCUT2D eigenvalue weighted by molar-refractivity contribution is 9.10. The van der Waals surface area contributed by atoms with Crippen LogP contribution < -0.4 is 0 Å². The Hall–Kier alpha value is -0.190. The minimum Gasteiger partial charge on any atom is -0.293 e. The van der Waals surface area contributed by atoms with Crippen LogP contribution in [-0.4, -0.2) is 11.1 Å². The van der Waals surface area contributed by atoms with Gasteiger partial charge in [-0.25, -0.2) is 0 Å². The van der Waals surface area contributed by atoms with Gasteiger partial charge in [0.1, 0.15) is 0 Å². The average Bonchev–Trinajstić information content (AvgIpc) is 2.59. The van der Waals surface area contributed by atoms with Gasteiger partial charge in [-0.3, -0.25) is 4.79 Å². The van der Waals surface area contributed by atoms with E-state index in [0.717, 1.165) is 20.1 Å². The maximum atomic E-state index is 11.5. The number of ketones is 1. The van der Waals surface area contributed by atoms with Crippen molar-refractivity contribution < 1.29 is 4.79 Å². The summed E-state index contributed by atoms with van der Waals surface area (Å²) in [4.78, 5) is 11.5. The van der Waals surface area contributed by atoms with Gasteiger partial charge in [0, 0.05) is 25.5 Å². The Morgan fingerprint density at radius 1 is 1.43 bits per heavy atom. The van der Waals surface area contributed by atoms with Crippen LogP contribution in [0.15, 0.2) is 28.1 Å². The summed E-state index contributed by atoms with van der Waals surface area (Å²) >= 11 is 8.19. The molecular formula is C10H6Br2OS. The molecule has 0 saturated heterocycles. The summed E-state index contributed by atoms with van der Waals surface area (Å²) in [6.45, 7) is 0. The number of hydrogen-bond donors (Lipinski definition) is 0. The molecule has 2 aromatic rings. The summed E-state index contributed by atoms with van der Waals surface area (Å²) in [6, 6.07) is 6.00. The number of halogens is 2. The summed E-state index contributed by atoms with van der Waals surface area (Å²) in [6.07, 6.45) is 0. The van der Waals surface area contributed by atoms with E-state index in [9.17, 15) is 4.79 Å². The molecule has 0 fully saturated rings. The van der Waals surface area contributed by atoms with Gasteiger partial charge < -0.3 is 0 Å². The highest BCUT2D eigenvalue weighted by atomic mass is 79.9. The van der Waals surface area contributed by atoms with Crippen LogP contribution in [0.5, 0.6) is 0 Å². The maximum absolute atomic E-state index is 11.5. The van der Waals surface area contributed by atoms with Crippen LogP contribution in [0, 0.1) is 0 Å². The Morgan fingerprint density at radius 3 is 2.93 bits per heavy atom. The fraction of sp³-hybridized carbons (Fsp3) is 0.100. The van der Waals surface area contributed by atoms with Crippen molar-refractivity contribution in [2.24, 2.45) is 0 Å². The average molecular weight is 334 g/mol. The van der Waals surface area contributed by atoms with E-state index in [0.29, 0.717) is 5.33 Å². The Bertz CT molecular complexity index is 490. The number of carbonyl (C=O) groups excluding carboxylic acids is 1. The molecule has 1 aromatic heterocycles. The van der Waals surface area contributed by atoms with Crippen molar-refractivity contribution in [1.29, 1.82) is 0 Å². The normalized spacial score (nSPS) is 10.7. The molecule has 0 aliphatic heterocycles. The van der Waals surface area contributed by atoms with Gasteiger partial charge in [-0.2, -0.15) is 0 Å². The van der Waals surface area contributed by atoms with Gasteiger partial charge in [-0.15, -0.1) is 11.3 Å². The van der Waals surface area contributed by atoms with E-state index in [1.807, 2.05) is 23.6 Å². The molecule has 1 nitrogen and oxygen atoms in total. The molecule has 0 amide bonds. The zero-order chi connectivity index (χ0) is 10.1. The third-order valence-corrected chi connectivity index (χ3v) is 3.92. The lowest BCUT2D eigenvalue weighted by Crippen LogP contribution is -1.97. The first kappa shape index (κ1) is 10.3. The quantitative estimate of drug-likeness (QED) is 0.593. The molecule has 0 saturated carbocycles. The second kappa shape index (κ2) is 4.13. The third-order valence-electron chi connectivity index (χ3n) is 1.96. The molecule has 0 atom stereocenters. The van der Waals surface area contributed by atoms with Crippen LogP contribution in [0.25, 0.3) is 10.1 Å². The summed E-state index contributed by atoms with van der Waals surface area (Å²) in [5.41, 5.74) is 0.808. The molecule has 0 aliphatic carbocycles. The highest BCUT2D eigenvalue weighted by Crippen LogP contribution is 2.29. The fourth-order valence-electron chi connectivity index (χ4n) is 1.29. The van der Waals surface area contributed by atoms with Crippen molar-refractivity contribution in [3.63, 3.8) is 0 Å². The van der Waals surface area contributed by atoms with E-state index >= 15 is 0 Å². The van der Waals surface area contributed by atoms with Gasteiger partial charge in [0.15, 0.2) is 5.78 Å². The summed E-state index contributed by atoms with van der Waals surface area (Å²) in [5.74, 6) is 0.134. The lowest BCUT2D eigenvalue weighted by molar-refractivity contribution is 0.102. The molecule has 0 N–H and O–H groups in total. The molecular weight excluding hydrogens is 328 g/mol. The molecule has 0 bridgehead atoms. The number of thiophene rings is 1. The smallest absolute Gasteiger partial charge is 0.174 e. The SMILES string of the molecule is O=C(CBr)c1csc2ccc(Br)cc12. The lowest BCUT2D eigenvalue weighted by atomic mass is 10.1. The van der Waals surface area contributed by atoms with Crippen molar-refractivity contribution >= 4 is 59.1 Å². The van der Waals surface area contributed by atoms with E-state index in [1.165, 1.54) is 0 Å². The fourth-order valence-corrected chi connectivity index (χ4v) is 2.90. The Morgan fingerprint density at radius 2 is 2.21 bits per heavy atom. The molecule has 0 spiro atoms. The Labute approximate surface area is 102 Å². The number of carbonyl (C=O) groups is 1. The molecule has 0 radical (unpaired) electrons. The lowest BCUT2D eigenvalue weighted by Gasteiger charge is -1.95. The van der Waals surface area contributed by atoms with E-state index in [2.05, 4.69) is 31.9 Å². The second-order valence-corrected chi connectivity index (χ2v) is 5.23. The van der Waals surface area contributed by atoms with Gasteiger partial charge in [-0.05, 0) is 18.2 Å². The minimum absolute atomic E-state index is 0.134. The molecule has 0 aliphatic rings. The van der Waals surface area contributed by atoms with Crippen molar-refractivity contribution in [2.45, 2.75) is 0 Å². The van der Waals surface area contributed by atoms with Crippen LogP contribution >= 0.6 is 43.2 Å². The molecule has 14 heavy (non-hydrogen) atoms. The van der Waals surface area contributed by atoms with Crippen molar-refractivity contribution in [2.75, 3.05) is 5.33 Å². The van der Waals surface area contributed by atoms with Crippen LogP contribution in [0.4, 0.5) is 0 Å². The predicted octanol–water partition coefficient (Wildman–Crippen LogP) is 4.24. The monoisotopic (exact) mass is 332 g/mol. The number of alkyl halides is 1. The second-order valence-electron chi connectivity index (χ2n) is 2.85.